The fraction of sp³-hybridized carbons (Fsp3) is 0.417. The van der Waals surface area contributed by atoms with Crippen LogP contribution in [0.15, 0.2) is 18.2 Å². The van der Waals surface area contributed by atoms with E-state index in [4.69, 9.17) is 5.73 Å². The van der Waals surface area contributed by atoms with Crippen LogP contribution in [0, 0.1) is 5.82 Å². The lowest BCUT2D eigenvalue weighted by atomic mass is 10.0. The van der Waals surface area contributed by atoms with E-state index in [1.54, 1.807) is 6.07 Å². The van der Waals surface area contributed by atoms with E-state index < -0.39 is 6.10 Å². The van der Waals surface area contributed by atoms with Crippen LogP contribution < -0.4 is 10.6 Å². The normalized spacial score (nSPS) is 16.9. The molecule has 5 heteroatoms. The van der Waals surface area contributed by atoms with Gasteiger partial charge in [0.05, 0.1) is 12.6 Å². The Balaban J connectivity index is 2.30. The van der Waals surface area contributed by atoms with Crippen molar-refractivity contribution < 1.29 is 14.3 Å². The van der Waals surface area contributed by atoms with Crippen molar-refractivity contribution in [3.8, 4) is 0 Å². The summed E-state index contributed by atoms with van der Waals surface area (Å²) >= 11 is 0. The van der Waals surface area contributed by atoms with E-state index in [0.29, 0.717) is 18.5 Å². The molecule has 17 heavy (non-hydrogen) atoms. The summed E-state index contributed by atoms with van der Waals surface area (Å²) in [4.78, 5) is 13.3. The number of aryl methyl sites for hydroxylation is 1. The van der Waals surface area contributed by atoms with Crippen molar-refractivity contribution in [3.05, 3.63) is 29.6 Å². The maximum absolute atomic E-state index is 13.1. The zero-order valence-electron chi connectivity index (χ0n) is 9.40. The van der Waals surface area contributed by atoms with Crippen molar-refractivity contribution in [2.24, 2.45) is 5.73 Å². The van der Waals surface area contributed by atoms with Gasteiger partial charge in [0, 0.05) is 18.7 Å². The van der Waals surface area contributed by atoms with Gasteiger partial charge in [0.15, 0.2) is 0 Å². The molecule has 1 heterocycles. The van der Waals surface area contributed by atoms with Crippen LogP contribution in [0.1, 0.15) is 12.0 Å². The quantitative estimate of drug-likeness (QED) is 0.802. The van der Waals surface area contributed by atoms with Crippen molar-refractivity contribution in [1.29, 1.82) is 0 Å². The van der Waals surface area contributed by atoms with Gasteiger partial charge >= 0.3 is 0 Å². The van der Waals surface area contributed by atoms with Crippen molar-refractivity contribution in [1.82, 2.24) is 0 Å². The molecule has 1 amide bonds. The van der Waals surface area contributed by atoms with Gasteiger partial charge < -0.3 is 15.7 Å². The van der Waals surface area contributed by atoms with E-state index in [2.05, 4.69) is 0 Å². The largest absolute Gasteiger partial charge is 0.390 e. The first kappa shape index (κ1) is 12.0. The molecule has 1 aliphatic rings. The van der Waals surface area contributed by atoms with Gasteiger partial charge in [-0.25, -0.2) is 4.39 Å². The molecule has 0 aliphatic carbocycles. The number of hydrogen-bond acceptors (Lipinski definition) is 3. The second kappa shape index (κ2) is 4.81. The van der Waals surface area contributed by atoms with Crippen LogP contribution >= 0.6 is 0 Å². The van der Waals surface area contributed by atoms with Gasteiger partial charge in [0.2, 0.25) is 5.91 Å². The summed E-state index contributed by atoms with van der Waals surface area (Å²) in [5.41, 5.74) is 6.81. The van der Waals surface area contributed by atoms with Crippen LogP contribution in [0.25, 0.3) is 0 Å². The number of aliphatic hydroxyl groups excluding tert-OH is 1. The fourth-order valence-corrected chi connectivity index (χ4v) is 2.01. The minimum absolute atomic E-state index is 0.0587. The highest BCUT2D eigenvalue weighted by Gasteiger charge is 2.25. The summed E-state index contributed by atoms with van der Waals surface area (Å²) in [6, 6.07) is 4.33. The topological polar surface area (TPSA) is 66.6 Å². The first-order chi connectivity index (χ1) is 8.11. The van der Waals surface area contributed by atoms with Gasteiger partial charge in [-0.3, -0.25) is 4.79 Å². The Morgan fingerprint density at radius 3 is 2.94 bits per heavy atom. The molecule has 0 saturated carbocycles. The van der Waals surface area contributed by atoms with Gasteiger partial charge in [-0.05, 0) is 30.2 Å². The summed E-state index contributed by atoms with van der Waals surface area (Å²) in [7, 11) is 0. The summed E-state index contributed by atoms with van der Waals surface area (Å²) in [5, 5.41) is 9.52. The lowest BCUT2D eigenvalue weighted by Crippen LogP contribution is -2.42. The molecule has 0 radical (unpaired) electrons. The Morgan fingerprint density at radius 2 is 2.24 bits per heavy atom. The third-order valence-corrected chi connectivity index (χ3v) is 2.91. The molecule has 0 spiro atoms. The van der Waals surface area contributed by atoms with Gasteiger partial charge in [-0.2, -0.15) is 0 Å². The molecule has 92 valence electrons. The maximum Gasteiger partial charge on any atom is 0.227 e. The first-order valence-corrected chi connectivity index (χ1v) is 5.58. The maximum atomic E-state index is 13.1. The molecule has 1 aromatic rings. The zero-order valence-corrected chi connectivity index (χ0v) is 9.40. The number of carbonyl (C=O) groups is 1. The number of nitrogens with two attached hydrogens (primary N) is 1. The van der Waals surface area contributed by atoms with Gasteiger partial charge in [0.1, 0.15) is 5.82 Å². The van der Waals surface area contributed by atoms with Gasteiger partial charge in [-0.15, -0.1) is 0 Å². The van der Waals surface area contributed by atoms with Crippen LogP contribution in [-0.4, -0.2) is 30.2 Å². The Hall–Kier alpha value is -1.46. The fourth-order valence-electron chi connectivity index (χ4n) is 2.01. The van der Waals surface area contributed by atoms with E-state index >= 15 is 0 Å². The standard InChI is InChI=1S/C12H15FN2O2/c13-9-2-3-11-8(5-9)1-4-12(17)15(11)7-10(16)6-14/h2-3,5,10,16H,1,4,6-7,14H2. The number of aliphatic hydroxyl groups is 1. The third-order valence-electron chi connectivity index (χ3n) is 2.91. The number of halogens is 1. The van der Waals surface area contributed by atoms with Crippen molar-refractivity contribution >= 4 is 11.6 Å². The number of β-amino-alcohol motifs (C(OH)–C–C–N with tert-alkyl or cyclic N) is 1. The van der Waals surface area contributed by atoms with Gasteiger partial charge in [-0.1, -0.05) is 0 Å². The van der Waals surface area contributed by atoms with Crippen LogP contribution in [-0.2, 0) is 11.2 Å². The Kier molecular flexibility index (Phi) is 3.40. The molecule has 1 unspecified atom stereocenters. The molecule has 1 atom stereocenters. The molecule has 0 aromatic heterocycles. The lowest BCUT2D eigenvalue weighted by Gasteiger charge is -2.30. The number of rotatable bonds is 3. The molecule has 0 bridgehead atoms. The monoisotopic (exact) mass is 238 g/mol. The first-order valence-electron chi connectivity index (χ1n) is 5.58. The molecular formula is C12H15FN2O2. The van der Waals surface area contributed by atoms with Crippen LogP contribution in [0.2, 0.25) is 0 Å². The number of hydrogen-bond donors (Lipinski definition) is 2. The van der Waals surface area contributed by atoms with Gasteiger partial charge in [0.25, 0.3) is 0 Å². The summed E-state index contributed by atoms with van der Waals surface area (Å²) in [5.74, 6) is -0.367. The number of fused-ring (bicyclic) bond motifs is 1. The minimum Gasteiger partial charge on any atom is -0.390 e. The predicted molar refractivity (Wildman–Crippen MR) is 62.1 cm³/mol. The lowest BCUT2D eigenvalue weighted by molar-refractivity contribution is -0.119. The van der Waals surface area contributed by atoms with Crippen LogP contribution in [0.4, 0.5) is 10.1 Å². The van der Waals surface area contributed by atoms with E-state index in [-0.39, 0.29) is 24.8 Å². The molecule has 3 N–H and O–H groups in total. The second-order valence-corrected chi connectivity index (χ2v) is 4.17. The number of amides is 1. The number of anilines is 1. The van der Waals surface area contributed by atoms with E-state index in [1.165, 1.54) is 17.0 Å². The summed E-state index contributed by atoms with van der Waals surface area (Å²) in [6.07, 6.45) is 0.129. The molecule has 1 aliphatic heterocycles. The molecule has 2 rings (SSSR count). The Labute approximate surface area is 98.8 Å². The molecular weight excluding hydrogens is 223 g/mol. The average Bonchev–Trinajstić information content (AvgIpc) is 2.32. The molecule has 1 aromatic carbocycles. The highest BCUT2D eigenvalue weighted by atomic mass is 19.1. The molecule has 0 fully saturated rings. The minimum atomic E-state index is -0.755. The van der Waals surface area contributed by atoms with Crippen LogP contribution in [0.5, 0.6) is 0 Å². The summed E-state index contributed by atoms with van der Waals surface area (Å²) in [6.45, 7) is 0.258. The number of nitrogens with zero attached hydrogens (tertiary/aromatic N) is 1. The van der Waals surface area contributed by atoms with Crippen LogP contribution in [0.3, 0.4) is 0 Å². The Bertz CT molecular complexity index is 437. The van der Waals surface area contributed by atoms with E-state index in [9.17, 15) is 14.3 Å². The molecule has 0 saturated heterocycles. The predicted octanol–water partition coefficient (Wildman–Crippen LogP) is 0.424. The second-order valence-electron chi connectivity index (χ2n) is 4.17. The number of carbonyl (C=O) groups excluding carboxylic acids is 1. The zero-order chi connectivity index (χ0) is 12.4. The summed E-state index contributed by atoms with van der Waals surface area (Å²) < 4.78 is 13.1. The average molecular weight is 238 g/mol. The Morgan fingerprint density at radius 1 is 1.47 bits per heavy atom. The highest BCUT2D eigenvalue weighted by molar-refractivity contribution is 5.96. The van der Waals surface area contributed by atoms with E-state index in [1.807, 2.05) is 0 Å². The third kappa shape index (κ3) is 2.45. The van der Waals surface area contributed by atoms with Crippen molar-refractivity contribution in [2.45, 2.75) is 18.9 Å². The van der Waals surface area contributed by atoms with Crippen molar-refractivity contribution in [3.63, 3.8) is 0 Å². The number of benzene rings is 1. The van der Waals surface area contributed by atoms with Crippen molar-refractivity contribution in [2.75, 3.05) is 18.0 Å². The smallest absolute Gasteiger partial charge is 0.227 e. The SMILES string of the molecule is NCC(O)CN1C(=O)CCc2cc(F)ccc21. The highest BCUT2D eigenvalue weighted by Crippen LogP contribution is 2.28. The van der Waals surface area contributed by atoms with E-state index in [0.717, 1.165) is 5.56 Å². The molecule has 4 nitrogen and oxygen atoms in total.